The Balaban J connectivity index is 1.48. The number of hydrogen-bond donors (Lipinski definition) is 0. The molecule has 2 aliphatic rings. The molecule has 4 heterocycles. The average Bonchev–Trinajstić information content (AvgIpc) is 3.39. The van der Waals surface area contributed by atoms with Crippen molar-refractivity contribution in [3.63, 3.8) is 0 Å². The molecule has 174 valence electrons. The lowest BCUT2D eigenvalue weighted by Crippen LogP contribution is -2.42. The van der Waals surface area contributed by atoms with Crippen molar-refractivity contribution in [3.8, 4) is 0 Å². The van der Waals surface area contributed by atoms with E-state index in [9.17, 15) is 9.59 Å². The highest BCUT2D eigenvalue weighted by molar-refractivity contribution is 5.77. The van der Waals surface area contributed by atoms with E-state index >= 15 is 0 Å². The van der Waals surface area contributed by atoms with E-state index in [1.54, 1.807) is 0 Å². The number of piperidine rings is 1. The lowest BCUT2D eigenvalue weighted by molar-refractivity contribution is -0.134. The van der Waals surface area contributed by atoms with Gasteiger partial charge in [-0.25, -0.2) is 9.50 Å². The third kappa shape index (κ3) is 4.52. The van der Waals surface area contributed by atoms with Gasteiger partial charge in [-0.2, -0.15) is 5.10 Å². The zero-order chi connectivity index (χ0) is 23.0. The summed E-state index contributed by atoms with van der Waals surface area (Å²) in [5.41, 5.74) is 5.02. The van der Waals surface area contributed by atoms with Crippen molar-refractivity contribution >= 4 is 17.5 Å². The fraction of sp³-hybridized carbons (Fsp3) is 0.680. The van der Waals surface area contributed by atoms with Gasteiger partial charge in [0.1, 0.15) is 0 Å². The molecule has 4 rings (SSSR count). The van der Waals surface area contributed by atoms with Crippen molar-refractivity contribution in [2.75, 3.05) is 26.2 Å². The molecule has 0 radical (unpaired) electrons. The van der Waals surface area contributed by atoms with Gasteiger partial charge in [-0.05, 0) is 50.5 Å². The van der Waals surface area contributed by atoms with Crippen LogP contribution in [0.15, 0.2) is 6.07 Å². The van der Waals surface area contributed by atoms with E-state index in [0.717, 1.165) is 60.9 Å². The fourth-order valence-electron chi connectivity index (χ4n) is 5.61. The highest BCUT2D eigenvalue weighted by Gasteiger charge is 2.29. The van der Waals surface area contributed by atoms with Crippen LogP contribution in [-0.2, 0) is 16.0 Å². The molecule has 3 atom stereocenters. The van der Waals surface area contributed by atoms with Crippen LogP contribution >= 0.6 is 0 Å². The van der Waals surface area contributed by atoms with E-state index in [4.69, 9.17) is 10.1 Å². The number of carbonyl (C=O) groups is 2. The molecule has 2 aromatic heterocycles. The molecule has 2 aliphatic heterocycles. The van der Waals surface area contributed by atoms with Gasteiger partial charge in [0, 0.05) is 62.4 Å². The summed E-state index contributed by atoms with van der Waals surface area (Å²) in [5, 5.41) is 4.87. The Morgan fingerprint density at radius 1 is 1.06 bits per heavy atom. The van der Waals surface area contributed by atoms with E-state index in [2.05, 4.69) is 26.8 Å². The monoisotopic (exact) mass is 439 g/mol. The molecule has 0 N–H and O–H groups in total. The van der Waals surface area contributed by atoms with Crippen LogP contribution in [0.4, 0.5) is 0 Å². The summed E-state index contributed by atoms with van der Waals surface area (Å²) in [6.07, 6.45) is 3.90. The number of nitrogens with zero attached hydrogens (tertiary/aromatic N) is 5. The van der Waals surface area contributed by atoms with Crippen LogP contribution in [0.25, 0.3) is 5.65 Å². The molecule has 0 bridgehead atoms. The molecule has 0 saturated carbocycles. The summed E-state index contributed by atoms with van der Waals surface area (Å²) in [6.45, 7) is 13.8. The zero-order valence-electron chi connectivity index (χ0n) is 20.2. The number of aryl methyl sites for hydroxylation is 2. The number of amides is 2. The Bertz CT molecular complexity index is 1000. The van der Waals surface area contributed by atoms with Gasteiger partial charge in [-0.1, -0.05) is 20.8 Å². The summed E-state index contributed by atoms with van der Waals surface area (Å²) in [6, 6.07) is 2.07. The number of aromatic nitrogens is 3. The number of rotatable bonds is 5. The molecule has 0 unspecified atom stereocenters. The molecule has 32 heavy (non-hydrogen) atoms. The van der Waals surface area contributed by atoms with Crippen LogP contribution in [0, 0.1) is 25.7 Å². The fourth-order valence-corrected chi connectivity index (χ4v) is 5.61. The largest absolute Gasteiger partial charge is 0.342 e. The predicted molar refractivity (Wildman–Crippen MR) is 125 cm³/mol. The second-order valence-electron chi connectivity index (χ2n) is 10.0. The second kappa shape index (κ2) is 9.20. The van der Waals surface area contributed by atoms with Gasteiger partial charge in [0.2, 0.25) is 11.8 Å². The maximum atomic E-state index is 12.9. The van der Waals surface area contributed by atoms with Crippen LogP contribution in [-0.4, -0.2) is 62.4 Å². The van der Waals surface area contributed by atoms with Crippen LogP contribution in [0.2, 0.25) is 0 Å². The molecule has 0 spiro atoms. The van der Waals surface area contributed by atoms with Gasteiger partial charge >= 0.3 is 0 Å². The molecule has 7 heteroatoms. The topological polar surface area (TPSA) is 70.8 Å². The van der Waals surface area contributed by atoms with Crippen molar-refractivity contribution in [1.29, 1.82) is 0 Å². The van der Waals surface area contributed by atoms with Gasteiger partial charge < -0.3 is 9.80 Å². The van der Waals surface area contributed by atoms with Crippen LogP contribution in [0.5, 0.6) is 0 Å². The molecule has 0 aromatic carbocycles. The Morgan fingerprint density at radius 3 is 2.47 bits per heavy atom. The van der Waals surface area contributed by atoms with E-state index in [1.807, 2.05) is 28.2 Å². The Kier molecular flexibility index (Phi) is 6.54. The van der Waals surface area contributed by atoms with Gasteiger partial charge in [0.05, 0.1) is 5.69 Å². The van der Waals surface area contributed by atoms with Crippen molar-refractivity contribution in [2.24, 2.45) is 11.8 Å². The van der Waals surface area contributed by atoms with Crippen molar-refractivity contribution in [1.82, 2.24) is 24.4 Å². The lowest BCUT2D eigenvalue weighted by atomic mass is 9.91. The maximum absolute atomic E-state index is 12.9. The quantitative estimate of drug-likeness (QED) is 0.715. The Hall–Kier alpha value is -2.44. The van der Waals surface area contributed by atoms with Crippen molar-refractivity contribution in [3.05, 3.63) is 28.7 Å². The molecule has 0 aliphatic carbocycles. The minimum absolute atomic E-state index is 0.214. The number of hydrogen-bond acceptors (Lipinski definition) is 4. The van der Waals surface area contributed by atoms with Gasteiger partial charge in [0.25, 0.3) is 0 Å². The average molecular weight is 440 g/mol. The highest BCUT2D eigenvalue weighted by atomic mass is 16.2. The number of likely N-dealkylation sites (tertiary alicyclic amines) is 2. The molecule has 2 amide bonds. The first-order valence-electron chi connectivity index (χ1n) is 12.2. The van der Waals surface area contributed by atoms with E-state index < -0.39 is 0 Å². The van der Waals surface area contributed by atoms with Gasteiger partial charge in [0.15, 0.2) is 5.65 Å². The summed E-state index contributed by atoms with van der Waals surface area (Å²) < 4.78 is 1.93. The molecule has 7 nitrogen and oxygen atoms in total. The van der Waals surface area contributed by atoms with Crippen LogP contribution in [0.1, 0.15) is 75.0 Å². The molecule has 2 saturated heterocycles. The van der Waals surface area contributed by atoms with E-state index in [0.29, 0.717) is 31.1 Å². The summed E-state index contributed by atoms with van der Waals surface area (Å²) >= 11 is 0. The first kappa shape index (κ1) is 22.7. The lowest BCUT2D eigenvalue weighted by Gasteiger charge is -2.35. The standard InChI is InChI=1S/C25H37N5O2/c1-6-24(31)28-10-9-20(15-28)22-12-23-26-18(4)21(19(5)30(23)27-22)7-8-25(32)29-13-16(2)11-17(3)14-29/h12,16-17,20H,6-11,13-15H2,1-5H3/t16-,17+,20-/m1/s1. The van der Waals surface area contributed by atoms with Gasteiger partial charge in [-0.15, -0.1) is 0 Å². The molecule has 2 fully saturated rings. The SMILES string of the molecule is CCC(=O)N1CC[C@@H](c2cc3nc(C)c(CCC(=O)N4C[C@H](C)C[C@H](C)C4)c(C)n3n2)C1. The van der Waals surface area contributed by atoms with Crippen molar-refractivity contribution in [2.45, 2.75) is 72.6 Å². The normalized spacial score (nSPS) is 23.8. The third-order valence-electron chi connectivity index (χ3n) is 7.26. The third-order valence-corrected chi connectivity index (χ3v) is 7.26. The second-order valence-corrected chi connectivity index (χ2v) is 10.0. The molecule has 2 aromatic rings. The maximum Gasteiger partial charge on any atom is 0.222 e. The van der Waals surface area contributed by atoms with Gasteiger partial charge in [-0.3, -0.25) is 9.59 Å². The molecular weight excluding hydrogens is 402 g/mol. The minimum atomic E-state index is 0.214. The summed E-state index contributed by atoms with van der Waals surface area (Å²) in [4.78, 5) is 33.7. The molecular formula is C25H37N5O2. The van der Waals surface area contributed by atoms with Crippen LogP contribution < -0.4 is 0 Å². The highest BCUT2D eigenvalue weighted by Crippen LogP contribution is 2.28. The minimum Gasteiger partial charge on any atom is -0.342 e. The first-order valence-corrected chi connectivity index (χ1v) is 12.2. The Labute approximate surface area is 191 Å². The van der Waals surface area contributed by atoms with E-state index in [-0.39, 0.29) is 17.7 Å². The predicted octanol–water partition coefficient (Wildman–Crippen LogP) is 3.51. The number of carbonyl (C=O) groups excluding carboxylic acids is 2. The van der Waals surface area contributed by atoms with Crippen LogP contribution in [0.3, 0.4) is 0 Å². The number of fused-ring (bicyclic) bond motifs is 1. The summed E-state index contributed by atoms with van der Waals surface area (Å²) in [5.74, 6) is 1.87. The smallest absolute Gasteiger partial charge is 0.222 e. The summed E-state index contributed by atoms with van der Waals surface area (Å²) in [7, 11) is 0. The first-order chi connectivity index (χ1) is 15.3. The Morgan fingerprint density at radius 2 is 1.78 bits per heavy atom. The van der Waals surface area contributed by atoms with Crippen molar-refractivity contribution < 1.29 is 9.59 Å². The zero-order valence-corrected chi connectivity index (χ0v) is 20.2. The van der Waals surface area contributed by atoms with E-state index in [1.165, 1.54) is 6.42 Å².